The summed E-state index contributed by atoms with van der Waals surface area (Å²) in [5.74, 6) is 1.03. The van der Waals surface area contributed by atoms with E-state index in [4.69, 9.17) is 5.73 Å². The van der Waals surface area contributed by atoms with Gasteiger partial charge in [-0.3, -0.25) is 9.97 Å². The summed E-state index contributed by atoms with van der Waals surface area (Å²) in [5, 5.41) is 7.47. The molecule has 0 aliphatic heterocycles. The van der Waals surface area contributed by atoms with Crippen molar-refractivity contribution in [2.75, 3.05) is 16.4 Å². The van der Waals surface area contributed by atoms with Crippen molar-refractivity contribution in [2.45, 2.75) is 6.92 Å². The summed E-state index contributed by atoms with van der Waals surface area (Å²) >= 11 is 0. The van der Waals surface area contributed by atoms with Gasteiger partial charge in [0.15, 0.2) is 11.6 Å². The van der Waals surface area contributed by atoms with Crippen LogP contribution in [0.4, 0.5) is 28.7 Å². The number of hydrogen-bond donors (Lipinski definition) is 3. The first kappa shape index (κ1) is 15.8. The minimum Gasteiger partial charge on any atom is -0.393 e. The fraction of sp³-hybridized carbons (Fsp3) is 0.0526. The van der Waals surface area contributed by atoms with E-state index in [1.165, 1.54) is 6.33 Å². The lowest BCUT2D eigenvalue weighted by atomic mass is 10.1. The number of rotatable bonds is 4. The minimum atomic E-state index is 0.418. The number of aryl methyl sites for hydroxylation is 1. The summed E-state index contributed by atoms with van der Waals surface area (Å²) < 4.78 is 0. The molecule has 7 heteroatoms. The number of pyridine rings is 2. The normalized spacial score (nSPS) is 10.7. The zero-order chi connectivity index (χ0) is 17.9. The zero-order valence-electron chi connectivity index (χ0n) is 14.1. The number of nitrogens with two attached hydrogens (primary N) is 1. The van der Waals surface area contributed by atoms with Gasteiger partial charge in [-0.15, -0.1) is 0 Å². The molecular formula is C19H17N7. The smallest absolute Gasteiger partial charge is 0.159 e. The van der Waals surface area contributed by atoms with Gasteiger partial charge in [-0.25, -0.2) is 9.97 Å². The molecule has 0 atom stereocenters. The molecule has 7 nitrogen and oxygen atoms in total. The maximum Gasteiger partial charge on any atom is 0.159 e. The highest BCUT2D eigenvalue weighted by atomic mass is 15.1. The highest BCUT2D eigenvalue weighted by molar-refractivity contribution is 5.93. The Balaban J connectivity index is 1.69. The predicted molar refractivity (Wildman–Crippen MR) is 104 cm³/mol. The third-order valence-electron chi connectivity index (χ3n) is 3.92. The fourth-order valence-corrected chi connectivity index (χ4v) is 2.64. The topological polar surface area (TPSA) is 102 Å². The van der Waals surface area contributed by atoms with Crippen LogP contribution in [0.15, 0.2) is 61.2 Å². The van der Waals surface area contributed by atoms with Gasteiger partial charge < -0.3 is 16.4 Å². The van der Waals surface area contributed by atoms with Gasteiger partial charge in [0.2, 0.25) is 0 Å². The molecule has 0 spiro atoms. The molecule has 0 saturated carbocycles. The largest absolute Gasteiger partial charge is 0.393 e. The molecule has 26 heavy (non-hydrogen) atoms. The molecule has 0 amide bonds. The molecule has 0 radical (unpaired) electrons. The van der Waals surface area contributed by atoms with Crippen LogP contribution in [-0.4, -0.2) is 19.9 Å². The first-order chi connectivity index (χ1) is 12.7. The second-order valence-corrected chi connectivity index (χ2v) is 5.81. The monoisotopic (exact) mass is 343 g/mol. The maximum absolute atomic E-state index is 6.26. The predicted octanol–water partition coefficient (Wildman–Crippen LogP) is 3.80. The number of nitrogens with zero attached hydrogens (tertiary/aromatic N) is 4. The van der Waals surface area contributed by atoms with Gasteiger partial charge in [0.05, 0.1) is 23.1 Å². The maximum atomic E-state index is 6.26. The van der Waals surface area contributed by atoms with Crippen LogP contribution < -0.4 is 16.4 Å². The lowest BCUT2D eigenvalue weighted by Gasteiger charge is -2.13. The number of benzene rings is 1. The van der Waals surface area contributed by atoms with Gasteiger partial charge in [0, 0.05) is 17.3 Å². The van der Waals surface area contributed by atoms with E-state index >= 15 is 0 Å². The molecule has 4 rings (SSSR count). The molecule has 0 unspecified atom stereocenters. The summed E-state index contributed by atoms with van der Waals surface area (Å²) in [6.07, 6.45) is 4.87. The summed E-state index contributed by atoms with van der Waals surface area (Å²) in [7, 11) is 0. The highest BCUT2D eigenvalue weighted by Gasteiger charge is 2.11. The van der Waals surface area contributed by atoms with Crippen LogP contribution in [0.2, 0.25) is 0 Å². The summed E-state index contributed by atoms with van der Waals surface area (Å²) in [5.41, 5.74) is 10.1. The average molecular weight is 343 g/mol. The van der Waals surface area contributed by atoms with E-state index in [9.17, 15) is 0 Å². The third-order valence-corrected chi connectivity index (χ3v) is 3.92. The van der Waals surface area contributed by atoms with Crippen molar-refractivity contribution >= 4 is 39.6 Å². The van der Waals surface area contributed by atoms with Crippen LogP contribution in [0.25, 0.3) is 10.9 Å². The molecule has 0 saturated heterocycles. The van der Waals surface area contributed by atoms with Crippen molar-refractivity contribution in [1.29, 1.82) is 0 Å². The van der Waals surface area contributed by atoms with Crippen molar-refractivity contribution in [3.8, 4) is 0 Å². The van der Waals surface area contributed by atoms with Crippen molar-refractivity contribution < 1.29 is 0 Å². The average Bonchev–Trinajstić information content (AvgIpc) is 2.66. The van der Waals surface area contributed by atoms with Crippen molar-refractivity contribution in [2.24, 2.45) is 0 Å². The molecular weight excluding hydrogens is 326 g/mol. The van der Waals surface area contributed by atoms with Crippen molar-refractivity contribution in [3.63, 3.8) is 0 Å². The zero-order valence-corrected chi connectivity index (χ0v) is 14.1. The van der Waals surface area contributed by atoms with Crippen LogP contribution in [0.3, 0.4) is 0 Å². The molecule has 4 aromatic rings. The van der Waals surface area contributed by atoms with Crippen LogP contribution in [0, 0.1) is 6.92 Å². The lowest BCUT2D eigenvalue weighted by Crippen LogP contribution is -2.05. The Hall–Kier alpha value is -3.74. The molecule has 128 valence electrons. The van der Waals surface area contributed by atoms with Crippen LogP contribution >= 0.6 is 0 Å². The Morgan fingerprint density at radius 3 is 2.58 bits per heavy atom. The van der Waals surface area contributed by atoms with Gasteiger partial charge >= 0.3 is 0 Å². The molecule has 1 aromatic carbocycles. The minimum absolute atomic E-state index is 0.418. The van der Waals surface area contributed by atoms with E-state index in [2.05, 4.69) is 30.6 Å². The van der Waals surface area contributed by atoms with Crippen LogP contribution in [-0.2, 0) is 0 Å². The van der Waals surface area contributed by atoms with Crippen LogP contribution in [0.5, 0.6) is 0 Å². The number of hydrogen-bond acceptors (Lipinski definition) is 7. The third kappa shape index (κ3) is 3.10. The number of nitrogens with one attached hydrogen (secondary N) is 2. The van der Waals surface area contributed by atoms with E-state index in [0.29, 0.717) is 17.3 Å². The Kier molecular flexibility index (Phi) is 4.03. The van der Waals surface area contributed by atoms with Gasteiger partial charge in [-0.1, -0.05) is 18.2 Å². The van der Waals surface area contributed by atoms with E-state index in [1.54, 1.807) is 12.4 Å². The second-order valence-electron chi connectivity index (χ2n) is 5.81. The van der Waals surface area contributed by atoms with Gasteiger partial charge in [-0.05, 0) is 31.2 Å². The molecule has 0 bridgehead atoms. The van der Waals surface area contributed by atoms with E-state index < -0.39 is 0 Å². The fourth-order valence-electron chi connectivity index (χ4n) is 2.64. The second kappa shape index (κ2) is 6.64. The molecule has 0 aliphatic carbocycles. The summed E-state index contributed by atoms with van der Waals surface area (Å²) in [6, 6.07) is 13.7. The first-order valence-corrected chi connectivity index (χ1v) is 8.11. The SMILES string of the molecule is Cc1ccc2cccc(Nc3ncnc(Nc4cccnc4)c3N)c2n1. The highest BCUT2D eigenvalue weighted by Crippen LogP contribution is 2.30. The lowest BCUT2D eigenvalue weighted by molar-refractivity contribution is 1.17. The van der Waals surface area contributed by atoms with E-state index in [1.807, 2.05) is 49.4 Å². The van der Waals surface area contributed by atoms with Crippen molar-refractivity contribution in [1.82, 2.24) is 19.9 Å². The van der Waals surface area contributed by atoms with Gasteiger partial charge in [-0.2, -0.15) is 0 Å². The Bertz CT molecular complexity index is 1060. The van der Waals surface area contributed by atoms with Crippen molar-refractivity contribution in [3.05, 3.63) is 66.9 Å². The Morgan fingerprint density at radius 1 is 0.923 bits per heavy atom. The standard InChI is InChI=1S/C19H17N7/c1-12-7-8-13-4-2-6-15(17(13)24-12)26-19-16(20)18(22-11-23-19)25-14-5-3-9-21-10-14/h2-11H,20H2,1H3,(H2,22,23,25,26). The van der Waals surface area contributed by atoms with Gasteiger partial charge in [0.25, 0.3) is 0 Å². The number of fused-ring (bicyclic) bond motifs is 1. The Labute approximate surface area is 150 Å². The molecule has 3 aromatic heterocycles. The molecule has 0 aliphatic rings. The molecule has 0 fully saturated rings. The number of nitrogen functional groups attached to an aromatic ring is 1. The Morgan fingerprint density at radius 2 is 1.77 bits per heavy atom. The number of aromatic nitrogens is 4. The summed E-state index contributed by atoms with van der Waals surface area (Å²) in [4.78, 5) is 17.2. The van der Waals surface area contributed by atoms with E-state index in [-0.39, 0.29) is 0 Å². The quantitative estimate of drug-likeness (QED) is 0.518. The number of anilines is 5. The van der Waals surface area contributed by atoms with Gasteiger partial charge in [0.1, 0.15) is 12.0 Å². The van der Waals surface area contributed by atoms with E-state index in [0.717, 1.165) is 28.0 Å². The number of para-hydroxylation sites is 1. The summed E-state index contributed by atoms with van der Waals surface area (Å²) in [6.45, 7) is 1.96. The van der Waals surface area contributed by atoms with Crippen LogP contribution in [0.1, 0.15) is 5.69 Å². The molecule has 4 N–H and O–H groups in total. The molecule has 3 heterocycles. The first-order valence-electron chi connectivity index (χ1n) is 8.11.